The first-order chi connectivity index (χ1) is 9.96. The first kappa shape index (κ1) is 14.4. The molecule has 2 aromatic carbocycles. The number of hydrogen-bond acceptors (Lipinski definition) is 3. The minimum absolute atomic E-state index is 0.201. The van der Waals surface area contributed by atoms with Gasteiger partial charge in [0.1, 0.15) is 0 Å². The highest BCUT2D eigenvalue weighted by atomic mass is 35.5. The minimum Gasteiger partial charge on any atom is -0.309 e. The molecule has 0 aromatic heterocycles. The van der Waals surface area contributed by atoms with Crippen molar-refractivity contribution >= 4 is 27.3 Å². The Labute approximate surface area is 129 Å². The lowest BCUT2D eigenvalue weighted by Gasteiger charge is -2.20. The van der Waals surface area contributed by atoms with Crippen LogP contribution >= 0.6 is 11.6 Å². The van der Waals surface area contributed by atoms with Crippen LogP contribution < -0.4 is 9.62 Å². The van der Waals surface area contributed by atoms with Crippen molar-refractivity contribution < 1.29 is 8.42 Å². The van der Waals surface area contributed by atoms with Crippen molar-refractivity contribution in [2.24, 2.45) is 0 Å². The van der Waals surface area contributed by atoms with Crippen LogP contribution in [0.2, 0.25) is 5.02 Å². The van der Waals surface area contributed by atoms with E-state index in [4.69, 9.17) is 11.6 Å². The summed E-state index contributed by atoms with van der Waals surface area (Å²) in [6, 6.07) is 12.3. The predicted molar refractivity (Wildman–Crippen MR) is 84.4 cm³/mol. The van der Waals surface area contributed by atoms with Gasteiger partial charge >= 0.3 is 0 Å². The Kier molecular flexibility index (Phi) is 3.43. The number of hydrogen-bond donors (Lipinski definition) is 1. The van der Waals surface area contributed by atoms with E-state index in [0.29, 0.717) is 16.3 Å². The molecule has 1 aliphatic heterocycles. The normalized spacial score (nSPS) is 19.6. The Balaban J connectivity index is 2.41. The maximum absolute atomic E-state index is 12.8. The predicted octanol–water partition coefficient (Wildman–Crippen LogP) is 2.79. The molecule has 0 saturated heterocycles. The minimum atomic E-state index is -3.63. The van der Waals surface area contributed by atoms with E-state index in [-0.39, 0.29) is 10.9 Å². The van der Waals surface area contributed by atoms with Gasteiger partial charge in [0, 0.05) is 12.1 Å². The van der Waals surface area contributed by atoms with E-state index in [1.54, 1.807) is 19.2 Å². The third-order valence-electron chi connectivity index (χ3n) is 3.80. The molecule has 1 N–H and O–H groups in total. The van der Waals surface area contributed by atoms with Gasteiger partial charge in [-0.25, -0.2) is 8.42 Å². The zero-order chi connectivity index (χ0) is 15.2. The molecule has 0 spiro atoms. The van der Waals surface area contributed by atoms with Crippen LogP contribution in [0.4, 0.5) is 5.69 Å². The van der Waals surface area contributed by atoms with Gasteiger partial charge in [0.25, 0.3) is 10.0 Å². The SMILES string of the molecule is CNC1c2ccccc2N(C)S(=O)(=O)c2cc(Cl)ccc21. The molecule has 110 valence electrons. The summed E-state index contributed by atoms with van der Waals surface area (Å²) in [6.07, 6.45) is 0. The quantitative estimate of drug-likeness (QED) is 0.878. The maximum atomic E-state index is 12.8. The molecule has 3 rings (SSSR count). The third-order valence-corrected chi connectivity index (χ3v) is 5.86. The van der Waals surface area contributed by atoms with E-state index in [0.717, 1.165) is 5.56 Å². The van der Waals surface area contributed by atoms with Gasteiger partial charge in [0.05, 0.1) is 16.6 Å². The van der Waals surface area contributed by atoms with Crippen LogP contribution in [0.5, 0.6) is 0 Å². The lowest BCUT2D eigenvalue weighted by Crippen LogP contribution is -2.26. The Hall–Kier alpha value is -1.56. The summed E-state index contributed by atoms with van der Waals surface area (Å²) < 4.78 is 27.0. The molecule has 2 aromatic rings. The molecule has 21 heavy (non-hydrogen) atoms. The van der Waals surface area contributed by atoms with E-state index < -0.39 is 10.0 Å². The second kappa shape index (κ2) is 5.02. The maximum Gasteiger partial charge on any atom is 0.264 e. The average Bonchev–Trinajstić information content (AvgIpc) is 2.54. The van der Waals surface area contributed by atoms with Gasteiger partial charge in [0.2, 0.25) is 0 Å². The molecule has 6 heteroatoms. The molecule has 0 bridgehead atoms. The van der Waals surface area contributed by atoms with Crippen LogP contribution in [0.25, 0.3) is 0 Å². The van der Waals surface area contributed by atoms with Gasteiger partial charge in [-0.2, -0.15) is 0 Å². The van der Waals surface area contributed by atoms with E-state index >= 15 is 0 Å². The number of nitrogens with one attached hydrogen (secondary N) is 1. The molecular formula is C15H15ClN2O2S. The number of anilines is 1. The van der Waals surface area contributed by atoms with E-state index in [1.807, 2.05) is 31.3 Å². The second-order valence-electron chi connectivity index (χ2n) is 4.94. The van der Waals surface area contributed by atoms with Crippen molar-refractivity contribution in [2.45, 2.75) is 10.9 Å². The van der Waals surface area contributed by atoms with E-state index in [9.17, 15) is 8.42 Å². The number of nitrogens with zero attached hydrogens (tertiary/aromatic N) is 1. The number of fused-ring (bicyclic) bond motifs is 2. The Morgan fingerprint density at radius 1 is 1.14 bits per heavy atom. The fourth-order valence-electron chi connectivity index (χ4n) is 2.74. The zero-order valence-corrected chi connectivity index (χ0v) is 13.2. The fraction of sp³-hybridized carbons (Fsp3) is 0.200. The van der Waals surface area contributed by atoms with Crippen LogP contribution in [-0.4, -0.2) is 22.5 Å². The Morgan fingerprint density at radius 2 is 1.86 bits per heavy atom. The number of sulfonamides is 1. The monoisotopic (exact) mass is 322 g/mol. The zero-order valence-electron chi connectivity index (χ0n) is 11.7. The van der Waals surface area contributed by atoms with Gasteiger partial charge in [-0.3, -0.25) is 4.31 Å². The topological polar surface area (TPSA) is 49.4 Å². The van der Waals surface area contributed by atoms with E-state index in [1.165, 1.54) is 10.4 Å². The van der Waals surface area contributed by atoms with Crippen molar-refractivity contribution in [3.05, 3.63) is 58.6 Å². The highest BCUT2D eigenvalue weighted by molar-refractivity contribution is 7.92. The van der Waals surface area contributed by atoms with Crippen molar-refractivity contribution in [2.75, 3.05) is 18.4 Å². The summed E-state index contributed by atoms with van der Waals surface area (Å²) in [5.41, 5.74) is 2.30. The average molecular weight is 323 g/mol. The highest BCUT2D eigenvalue weighted by Gasteiger charge is 2.34. The summed E-state index contributed by atoms with van der Waals surface area (Å²) in [7, 11) is -0.244. The van der Waals surface area contributed by atoms with Gasteiger partial charge in [0.15, 0.2) is 0 Å². The molecular weight excluding hydrogens is 308 g/mol. The lowest BCUT2D eigenvalue weighted by molar-refractivity contribution is 0.592. The van der Waals surface area contributed by atoms with Crippen molar-refractivity contribution in [3.8, 4) is 0 Å². The van der Waals surface area contributed by atoms with Gasteiger partial charge in [-0.05, 0) is 36.4 Å². The molecule has 0 radical (unpaired) electrons. The molecule has 0 saturated carbocycles. The first-order valence-corrected chi connectivity index (χ1v) is 8.33. The summed E-state index contributed by atoms with van der Waals surface area (Å²) in [4.78, 5) is 0.244. The largest absolute Gasteiger partial charge is 0.309 e. The van der Waals surface area contributed by atoms with Crippen molar-refractivity contribution in [1.82, 2.24) is 5.32 Å². The molecule has 1 atom stereocenters. The fourth-order valence-corrected chi connectivity index (χ4v) is 4.46. The standard InChI is InChI=1S/C15H15ClN2O2S/c1-17-15-11-5-3-4-6-13(11)18(2)21(19,20)14-9-10(16)7-8-12(14)15/h3-9,15,17H,1-2H3. The van der Waals surface area contributed by atoms with Crippen molar-refractivity contribution in [3.63, 3.8) is 0 Å². The Bertz CT molecular complexity index is 805. The number of halogens is 1. The van der Waals surface area contributed by atoms with Gasteiger partial charge in [-0.15, -0.1) is 0 Å². The first-order valence-electron chi connectivity index (χ1n) is 6.51. The summed E-state index contributed by atoms with van der Waals surface area (Å²) >= 11 is 6.00. The molecule has 0 fully saturated rings. The number of rotatable bonds is 1. The smallest absolute Gasteiger partial charge is 0.264 e. The molecule has 1 unspecified atom stereocenters. The molecule has 4 nitrogen and oxygen atoms in total. The van der Waals surface area contributed by atoms with Crippen LogP contribution in [-0.2, 0) is 10.0 Å². The molecule has 0 aliphatic carbocycles. The molecule has 1 aliphatic rings. The van der Waals surface area contributed by atoms with Crippen LogP contribution in [0.1, 0.15) is 17.2 Å². The van der Waals surface area contributed by atoms with Crippen LogP contribution in [0.15, 0.2) is 47.4 Å². The highest BCUT2D eigenvalue weighted by Crippen LogP contribution is 2.40. The lowest BCUT2D eigenvalue weighted by atomic mass is 9.97. The molecule has 0 amide bonds. The molecule has 1 heterocycles. The Morgan fingerprint density at radius 3 is 2.57 bits per heavy atom. The summed E-state index contributed by atoms with van der Waals surface area (Å²) in [5, 5.41) is 3.61. The van der Waals surface area contributed by atoms with Crippen molar-refractivity contribution in [1.29, 1.82) is 0 Å². The van der Waals surface area contributed by atoms with Gasteiger partial charge in [-0.1, -0.05) is 35.9 Å². The number of para-hydroxylation sites is 1. The summed E-state index contributed by atoms with van der Waals surface area (Å²) in [6.45, 7) is 0. The second-order valence-corrected chi connectivity index (χ2v) is 7.31. The third kappa shape index (κ3) is 2.12. The summed E-state index contributed by atoms with van der Waals surface area (Å²) in [5.74, 6) is 0. The van der Waals surface area contributed by atoms with Crippen LogP contribution in [0.3, 0.4) is 0 Å². The number of benzene rings is 2. The van der Waals surface area contributed by atoms with Crippen LogP contribution in [0, 0.1) is 0 Å². The van der Waals surface area contributed by atoms with E-state index in [2.05, 4.69) is 5.32 Å². The van der Waals surface area contributed by atoms with Gasteiger partial charge < -0.3 is 5.32 Å².